The second-order valence-corrected chi connectivity index (χ2v) is 9.66. The van der Waals surface area contributed by atoms with E-state index in [1.807, 2.05) is 18.9 Å². The number of imidazole rings is 1. The number of aromatic nitrogens is 3. The van der Waals surface area contributed by atoms with E-state index >= 15 is 0 Å². The van der Waals surface area contributed by atoms with Gasteiger partial charge in [-0.15, -0.1) is 0 Å². The summed E-state index contributed by atoms with van der Waals surface area (Å²) in [6.07, 6.45) is 2.85. The van der Waals surface area contributed by atoms with Crippen LogP contribution in [0.3, 0.4) is 0 Å². The number of hydrogen-bond donors (Lipinski definition) is 1. The summed E-state index contributed by atoms with van der Waals surface area (Å²) in [5.41, 5.74) is 11.7. The third kappa shape index (κ3) is 4.65. The Morgan fingerprint density at radius 3 is 2.37 bits per heavy atom. The first-order chi connectivity index (χ1) is 16.9. The van der Waals surface area contributed by atoms with Crippen LogP contribution < -0.4 is 5.32 Å². The lowest BCUT2D eigenvalue weighted by molar-refractivity contribution is 0.367. The maximum atomic E-state index is 8.94. The lowest BCUT2D eigenvalue weighted by Gasteiger charge is -2.15. The lowest BCUT2D eigenvalue weighted by Crippen LogP contribution is -2.17. The standard InChI is InChI=1S/C29H32N6/c1-5-27-33-28-19(2)14-20(3)31-29(28)35(27)18-22-7-11-26-24(16-22)9-8-23-15-21(6-10-25(23)32-26)17-34(4)13-12-30/h6-7,10-11,14-16,32H,5,8-9,13,17-18H2,1-4H3. The van der Waals surface area contributed by atoms with Gasteiger partial charge in [0.25, 0.3) is 0 Å². The Morgan fingerprint density at radius 1 is 1.00 bits per heavy atom. The highest BCUT2D eigenvalue weighted by Gasteiger charge is 2.17. The van der Waals surface area contributed by atoms with Gasteiger partial charge in [0.1, 0.15) is 11.3 Å². The molecule has 1 aliphatic rings. The van der Waals surface area contributed by atoms with Gasteiger partial charge >= 0.3 is 0 Å². The molecular formula is C29H32N6. The van der Waals surface area contributed by atoms with Crippen molar-refractivity contribution in [2.75, 3.05) is 18.9 Å². The van der Waals surface area contributed by atoms with E-state index in [1.165, 1.54) is 39.2 Å². The quantitative estimate of drug-likeness (QED) is 0.384. The zero-order valence-corrected chi connectivity index (χ0v) is 21.0. The zero-order valence-electron chi connectivity index (χ0n) is 21.0. The molecular weight excluding hydrogens is 432 g/mol. The van der Waals surface area contributed by atoms with Crippen molar-refractivity contribution in [3.63, 3.8) is 0 Å². The molecule has 35 heavy (non-hydrogen) atoms. The molecule has 0 unspecified atom stereocenters. The molecule has 5 rings (SSSR count). The Balaban J connectivity index is 1.41. The molecule has 6 nitrogen and oxygen atoms in total. The van der Waals surface area contributed by atoms with Gasteiger partial charge in [-0.2, -0.15) is 5.26 Å². The van der Waals surface area contributed by atoms with Crippen LogP contribution in [-0.4, -0.2) is 33.0 Å². The minimum atomic E-state index is 0.435. The first kappa shape index (κ1) is 23.1. The van der Waals surface area contributed by atoms with Crippen molar-refractivity contribution in [1.29, 1.82) is 5.26 Å². The summed E-state index contributed by atoms with van der Waals surface area (Å²) in [5.74, 6) is 1.08. The van der Waals surface area contributed by atoms with Crippen molar-refractivity contribution >= 4 is 22.5 Å². The summed E-state index contributed by atoms with van der Waals surface area (Å²) in [7, 11) is 1.98. The van der Waals surface area contributed by atoms with Crippen molar-refractivity contribution in [3.05, 3.63) is 81.8 Å². The third-order valence-electron chi connectivity index (χ3n) is 6.82. The van der Waals surface area contributed by atoms with Gasteiger partial charge in [0.05, 0.1) is 19.2 Å². The highest BCUT2D eigenvalue weighted by molar-refractivity contribution is 5.76. The fourth-order valence-corrected chi connectivity index (χ4v) is 5.12. The van der Waals surface area contributed by atoms with Crippen LogP contribution in [0.4, 0.5) is 11.4 Å². The molecule has 0 bridgehead atoms. The maximum Gasteiger partial charge on any atom is 0.160 e. The third-order valence-corrected chi connectivity index (χ3v) is 6.82. The number of anilines is 2. The first-order valence-corrected chi connectivity index (χ1v) is 12.3. The van der Waals surface area contributed by atoms with Gasteiger partial charge in [-0.25, -0.2) is 9.97 Å². The van der Waals surface area contributed by atoms with Crippen LogP contribution in [0, 0.1) is 25.2 Å². The van der Waals surface area contributed by atoms with Gasteiger partial charge in [0.15, 0.2) is 5.65 Å². The lowest BCUT2D eigenvalue weighted by atomic mass is 10.0. The molecule has 178 valence electrons. The summed E-state index contributed by atoms with van der Waals surface area (Å²) in [5, 5.41) is 12.6. The number of hydrogen-bond acceptors (Lipinski definition) is 5. The van der Waals surface area contributed by atoms with Crippen molar-refractivity contribution in [2.45, 2.75) is 53.1 Å². The molecule has 0 radical (unpaired) electrons. The maximum absolute atomic E-state index is 8.94. The second kappa shape index (κ2) is 9.52. The monoisotopic (exact) mass is 464 g/mol. The van der Waals surface area contributed by atoms with E-state index in [2.05, 4.69) is 72.3 Å². The number of fused-ring (bicyclic) bond motifs is 3. The molecule has 1 aliphatic heterocycles. The minimum absolute atomic E-state index is 0.435. The number of nitrogens with one attached hydrogen (secondary N) is 1. The number of benzene rings is 2. The van der Waals surface area contributed by atoms with Crippen molar-refractivity contribution in [1.82, 2.24) is 19.4 Å². The summed E-state index contributed by atoms with van der Waals surface area (Å²) in [4.78, 5) is 11.8. The van der Waals surface area contributed by atoms with Crippen molar-refractivity contribution < 1.29 is 0 Å². The van der Waals surface area contributed by atoms with Gasteiger partial charge < -0.3 is 9.88 Å². The number of nitriles is 1. The Hall–Kier alpha value is -3.69. The van der Waals surface area contributed by atoms with E-state index in [0.717, 1.165) is 55.0 Å². The summed E-state index contributed by atoms with van der Waals surface area (Å²) in [6.45, 7) is 8.31. The van der Waals surface area contributed by atoms with Gasteiger partial charge in [-0.1, -0.05) is 31.2 Å². The van der Waals surface area contributed by atoms with Crippen LogP contribution in [0.25, 0.3) is 11.2 Å². The molecule has 0 spiro atoms. The van der Waals surface area contributed by atoms with E-state index < -0.39 is 0 Å². The minimum Gasteiger partial charge on any atom is -0.355 e. The molecule has 6 heteroatoms. The largest absolute Gasteiger partial charge is 0.355 e. The van der Waals surface area contributed by atoms with E-state index in [-0.39, 0.29) is 0 Å². The Bertz CT molecular complexity index is 1440. The van der Waals surface area contributed by atoms with Crippen LogP contribution in [-0.2, 0) is 32.4 Å². The van der Waals surface area contributed by atoms with Crippen molar-refractivity contribution in [2.24, 2.45) is 0 Å². The predicted octanol–water partition coefficient (Wildman–Crippen LogP) is 5.46. The molecule has 0 saturated carbocycles. The fourth-order valence-electron chi connectivity index (χ4n) is 5.12. The molecule has 3 heterocycles. The second-order valence-electron chi connectivity index (χ2n) is 9.66. The van der Waals surface area contributed by atoms with E-state index in [9.17, 15) is 0 Å². The first-order valence-electron chi connectivity index (χ1n) is 12.3. The van der Waals surface area contributed by atoms with Crippen LogP contribution in [0.2, 0.25) is 0 Å². The van der Waals surface area contributed by atoms with Gasteiger partial charge in [-0.3, -0.25) is 4.90 Å². The average molecular weight is 465 g/mol. The fraction of sp³-hybridized carbons (Fsp3) is 0.345. The number of nitrogens with zero attached hydrogens (tertiary/aromatic N) is 5. The SMILES string of the molecule is CCc1nc2c(C)cc(C)nc2n1Cc1ccc2c(c1)CCc1cc(CN(C)CC#N)ccc1N2. The molecule has 1 N–H and O–H groups in total. The van der Waals surface area contributed by atoms with Gasteiger partial charge in [0.2, 0.25) is 0 Å². The Morgan fingerprint density at radius 2 is 1.69 bits per heavy atom. The molecule has 0 amide bonds. The van der Waals surface area contributed by atoms with Crippen LogP contribution in [0.1, 0.15) is 46.3 Å². The normalized spacial score (nSPS) is 12.7. The summed E-state index contributed by atoms with van der Waals surface area (Å²) < 4.78 is 2.28. The molecule has 0 aliphatic carbocycles. The highest BCUT2D eigenvalue weighted by atomic mass is 15.1. The molecule has 2 aromatic carbocycles. The molecule has 0 atom stereocenters. The summed E-state index contributed by atoms with van der Waals surface area (Å²) in [6, 6.07) is 17.7. The molecule has 0 saturated heterocycles. The predicted molar refractivity (Wildman–Crippen MR) is 141 cm³/mol. The zero-order chi connectivity index (χ0) is 24.5. The highest BCUT2D eigenvalue weighted by Crippen LogP contribution is 2.32. The molecule has 0 fully saturated rings. The van der Waals surface area contributed by atoms with Gasteiger partial charge in [0, 0.05) is 30.0 Å². The van der Waals surface area contributed by atoms with E-state index in [1.54, 1.807) is 0 Å². The molecule has 4 aromatic rings. The number of rotatable bonds is 6. The smallest absolute Gasteiger partial charge is 0.160 e. The Labute approximate surface area is 207 Å². The van der Waals surface area contributed by atoms with Crippen LogP contribution in [0.15, 0.2) is 42.5 Å². The van der Waals surface area contributed by atoms with Crippen molar-refractivity contribution in [3.8, 4) is 6.07 Å². The molecule has 2 aromatic heterocycles. The van der Waals surface area contributed by atoms with E-state index in [0.29, 0.717) is 6.54 Å². The Kier molecular flexibility index (Phi) is 6.27. The van der Waals surface area contributed by atoms with E-state index in [4.69, 9.17) is 15.2 Å². The average Bonchev–Trinajstić information content (AvgIpc) is 3.06. The van der Waals surface area contributed by atoms with Gasteiger partial charge in [-0.05, 0) is 79.8 Å². The van der Waals surface area contributed by atoms with Crippen LogP contribution >= 0.6 is 0 Å². The number of aryl methyl sites for hydroxylation is 5. The number of pyridine rings is 1. The topological polar surface area (TPSA) is 69.8 Å². The summed E-state index contributed by atoms with van der Waals surface area (Å²) >= 11 is 0. The van der Waals surface area contributed by atoms with Crippen LogP contribution in [0.5, 0.6) is 0 Å².